The second-order valence-electron chi connectivity index (χ2n) is 3.63. The Morgan fingerprint density at radius 2 is 1.94 bits per heavy atom. The van der Waals surface area contributed by atoms with Crippen molar-refractivity contribution in [2.24, 2.45) is 0 Å². The van der Waals surface area contributed by atoms with Gasteiger partial charge in [0.1, 0.15) is 9.84 Å². The van der Waals surface area contributed by atoms with Crippen molar-refractivity contribution in [1.29, 1.82) is 0 Å². The topological polar surface area (TPSA) is 63.7 Å². The molecule has 0 saturated carbocycles. The maximum absolute atomic E-state index is 11.2. The predicted octanol–water partition coefficient (Wildman–Crippen LogP) is 0.306. The van der Waals surface area contributed by atoms with Gasteiger partial charge in [-0.15, -0.1) is 0 Å². The molecule has 0 fully saturated rings. The van der Waals surface area contributed by atoms with Gasteiger partial charge in [-0.3, -0.25) is 9.69 Å². The lowest BCUT2D eigenvalue weighted by Gasteiger charge is -2.14. The van der Waals surface area contributed by atoms with Gasteiger partial charge in [-0.25, -0.2) is 8.42 Å². The summed E-state index contributed by atoms with van der Waals surface area (Å²) in [4.78, 5) is 12.9. The van der Waals surface area contributed by atoms with Crippen LogP contribution in [0.1, 0.15) is 20.3 Å². The summed E-state index contributed by atoms with van der Waals surface area (Å²) in [7, 11) is -1.12. The first-order valence-corrected chi connectivity index (χ1v) is 7.28. The largest absolute Gasteiger partial charge is 0.465 e. The second kappa shape index (κ2) is 7.62. The Bertz CT molecular complexity index is 300. The van der Waals surface area contributed by atoms with Crippen molar-refractivity contribution in [2.75, 3.05) is 38.2 Å². The Hall–Kier alpha value is -0.620. The molecule has 0 aromatic rings. The lowest BCUT2D eigenvalue weighted by molar-refractivity contribution is -0.144. The first-order chi connectivity index (χ1) is 7.41. The molecular formula is C10H21NO4S. The van der Waals surface area contributed by atoms with Gasteiger partial charge in [-0.2, -0.15) is 0 Å². The van der Waals surface area contributed by atoms with Crippen LogP contribution in [-0.4, -0.2) is 57.5 Å². The number of ether oxygens (including phenoxy) is 1. The molecular weight excluding hydrogens is 230 g/mol. The van der Waals surface area contributed by atoms with Crippen LogP contribution in [0.2, 0.25) is 0 Å². The van der Waals surface area contributed by atoms with E-state index in [1.54, 1.807) is 25.8 Å². The first kappa shape index (κ1) is 15.4. The monoisotopic (exact) mass is 251 g/mol. The zero-order chi connectivity index (χ0) is 12.6. The lowest BCUT2D eigenvalue weighted by Crippen LogP contribution is -2.29. The third-order valence-electron chi connectivity index (χ3n) is 2.14. The molecule has 5 nitrogen and oxygen atoms in total. The third kappa shape index (κ3) is 7.64. The van der Waals surface area contributed by atoms with Gasteiger partial charge in [0.25, 0.3) is 0 Å². The summed E-state index contributed by atoms with van der Waals surface area (Å²) >= 11 is 0. The van der Waals surface area contributed by atoms with Gasteiger partial charge in [-0.05, 0) is 26.9 Å². The summed E-state index contributed by atoms with van der Waals surface area (Å²) in [5.74, 6) is 0.0778. The van der Waals surface area contributed by atoms with Crippen LogP contribution in [-0.2, 0) is 19.4 Å². The third-order valence-corrected chi connectivity index (χ3v) is 3.93. The van der Waals surface area contributed by atoms with E-state index < -0.39 is 9.84 Å². The fourth-order valence-corrected chi connectivity index (χ4v) is 2.06. The van der Waals surface area contributed by atoms with Gasteiger partial charge in [0.2, 0.25) is 0 Å². The summed E-state index contributed by atoms with van der Waals surface area (Å²) in [6, 6.07) is 0. The molecule has 0 bridgehead atoms. The number of carbonyl (C=O) groups is 1. The Morgan fingerprint density at radius 3 is 2.44 bits per heavy atom. The van der Waals surface area contributed by atoms with E-state index in [1.807, 2.05) is 0 Å². The molecule has 0 saturated heterocycles. The van der Waals surface area contributed by atoms with E-state index in [0.717, 1.165) is 0 Å². The highest BCUT2D eigenvalue weighted by Crippen LogP contribution is 1.96. The molecule has 0 N–H and O–H groups in total. The van der Waals surface area contributed by atoms with Crippen LogP contribution in [0.15, 0.2) is 0 Å². The van der Waals surface area contributed by atoms with E-state index in [2.05, 4.69) is 0 Å². The van der Waals surface area contributed by atoms with Crippen molar-refractivity contribution in [3.63, 3.8) is 0 Å². The van der Waals surface area contributed by atoms with Crippen LogP contribution < -0.4 is 0 Å². The molecule has 0 amide bonds. The minimum atomic E-state index is -2.90. The summed E-state index contributed by atoms with van der Waals surface area (Å²) in [5.41, 5.74) is 0. The average molecular weight is 251 g/mol. The molecule has 0 unspecified atom stereocenters. The van der Waals surface area contributed by atoms with Crippen molar-refractivity contribution in [1.82, 2.24) is 4.90 Å². The Balaban J connectivity index is 3.74. The lowest BCUT2D eigenvalue weighted by atomic mass is 10.4. The number of nitrogens with zero attached hydrogens (tertiary/aromatic N) is 1. The van der Waals surface area contributed by atoms with Gasteiger partial charge in [0.15, 0.2) is 0 Å². The van der Waals surface area contributed by atoms with E-state index in [9.17, 15) is 13.2 Å². The van der Waals surface area contributed by atoms with Crippen LogP contribution >= 0.6 is 0 Å². The number of esters is 1. The molecule has 16 heavy (non-hydrogen) atoms. The molecule has 6 heteroatoms. The smallest absolute Gasteiger partial charge is 0.320 e. The molecule has 0 aliphatic rings. The fourth-order valence-electron chi connectivity index (χ4n) is 1.20. The Kier molecular flexibility index (Phi) is 7.33. The van der Waals surface area contributed by atoms with Crippen molar-refractivity contribution < 1.29 is 17.9 Å². The van der Waals surface area contributed by atoms with Gasteiger partial charge in [0.05, 0.1) is 18.9 Å². The summed E-state index contributed by atoms with van der Waals surface area (Å²) in [6.07, 6.45) is 0.548. The van der Waals surface area contributed by atoms with E-state index >= 15 is 0 Å². The maximum Gasteiger partial charge on any atom is 0.320 e. The highest BCUT2D eigenvalue weighted by atomic mass is 32.2. The zero-order valence-electron chi connectivity index (χ0n) is 10.2. The normalized spacial score (nSPS) is 11.8. The van der Waals surface area contributed by atoms with Crippen molar-refractivity contribution >= 4 is 15.8 Å². The first-order valence-electron chi connectivity index (χ1n) is 5.46. The molecule has 0 radical (unpaired) electrons. The standard InChI is InChI=1S/C10H21NO4S/c1-4-15-10(12)9-11(3)7-6-8-16(13,14)5-2/h4-9H2,1-3H3. The van der Waals surface area contributed by atoms with Gasteiger partial charge < -0.3 is 4.74 Å². The minimum absolute atomic E-state index is 0.175. The zero-order valence-corrected chi connectivity index (χ0v) is 11.0. The molecule has 0 aromatic carbocycles. The van der Waals surface area contributed by atoms with Crippen molar-refractivity contribution in [2.45, 2.75) is 20.3 Å². The number of carbonyl (C=O) groups excluding carboxylic acids is 1. The highest BCUT2D eigenvalue weighted by Gasteiger charge is 2.10. The highest BCUT2D eigenvalue weighted by molar-refractivity contribution is 7.91. The number of likely N-dealkylation sites (N-methyl/N-ethyl adjacent to an activating group) is 1. The molecule has 0 aliphatic heterocycles. The quantitative estimate of drug-likeness (QED) is 0.581. The Morgan fingerprint density at radius 1 is 1.31 bits per heavy atom. The fraction of sp³-hybridized carbons (Fsp3) is 0.900. The number of sulfone groups is 1. The van der Waals surface area contributed by atoms with Gasteiger partial charge in [0, 0.05) is 5.75 Å². The Labute approximate surface area is 97.7 Å². The second-order valence-corrected chi connectivity index (χ2v) is 6.11. The molecule has 96 valence electrons. The van der Waals surface area contributed by atoms with Crippen LogP contribution in [0.4, 0.5) is 0 Å². The van der Waals surface area contributed by atoms with E-state index in [1.165, 1.54) is 0 Å². The SMILES string of the molecule is CCOC(=O)CN(C)CCCS(=O)(=O)CC. The molecule has 0 rings (SSSR count). The summed E-state index contributed by atoms with van der Waals surface area (Å²) in [5, 5.41) is 0. The molecule has 0 aromatic heterocycles. The van der Waals surface area contributed by atoms with Gasteiger partial charge in [-0.1, -0.05) is 6.92 Å². The number of hydrogen-bond acceptors (Lipinski definition) is 5. The molecule has 0 atom stereocenters. The predicted molar refractivity (Wildman–Crippen MR) is 63.1 cm³/mol. The molecule has 0 spiro atoms. The minimum Gasteiger partial charge on any atom is -0.465 e. The summed E-state index contributed by atoms with van der Waals surface area (Å²) < 4.78 is 27.2. The van der Waals surface area contributed by atoms with Crippen LogP contribution in [0.5, 0.6) is 0 Å². The number of hydrogen-bond donors (Lipinski definition) is 0. The maximum atomic E-state index is 11.2. The molecule has 0 aliphatic carbocycles. The van der Waals surface area contributed by atoms with E-state index in [-0.39, 0.29) is 24.0 Å². The van der Waals surface area contributed by atoms with Gasteiger partial charge >= 0.3 is 5.97 Å². The van der Waals surface area contributed by atoms with Crippen LogP contribution in [0.3, 0.4) is 0 Å². The average Bonchev–Trinajstić information content (AvgIpc) is 2.17. The van der Waals surface area contributed by atoms with Crippen molar-refractivity contribution in [3.8, 4) is 0 Å². The molecule has 0 heterocycles. The van der Waals surface area contributed by atoms with E-state index in [0.29, 0.717) is 19.6 Å². The summed E-state index contributed by atoms with van der Waals surface area (Å²) in [6.45, 7) is 4.55. The van der Waals surface area contributed by atoms with Crippen LogP contribution in [0, 0.1) is 0 Å². The van der Waals surface area contributed by atoms with Crippen molar-refractivity contribution in [3.05, 3.63) is 0 Å². The van der Waals surface area contributed by atoms with E-state index in [4.69, 9.17) is 4.74 Å². The number of rotatable bonds is 8. The van der Waals surface area contributed by atoms with Crippen LogP contribution in [0.25, 0.3) is 0 Å².